The molecule has 1 aliphatic carbocycles. The second-order valence-electron chi connectivity index (χ2n) is 9.65. The lowest BCUT2D eigenvalue weighted by Gasteiger charge is -2.35. The molecule has 2 aromatic heterocycles. The maximum Gasteiger partial charge on any atom is 0.232 e. The zero-order valence-electron chi connectivity index (χ0n) is 22.4. The summed E-state index contributed by atoms with van der Waals surface area (Å²) < 4.78 is 22.6. The first-order chi connectivity index (χ1) is 18.7. The lowest BCUT2D eigenvalue weighted by atomic mass is 10.0. The Morgan fingerprint density at radius 1 is 0.816 bits per heavy atom. The minimum absolute atomic E-state index is 0.556. The Kier molecular flexibility index (Phi) is 8.75. The van der Waals surface area contributed by atoms with Crippen molar-refractivity contribution in [1.29, 1.82) is 0 Å². The summed E-state index contributed by atoms with van der Waals surface area (Å²) in [4.78, 5) is 18.8. The number of ether oxygens (including phenoxy) is 4. The highest BCUT2D eigenvalue weighted by Crippen LogP contribution is 2.33. The number of hydrogen-bond acceptors (Lipinski definition) is 9. The van der Waals surface area contributed by atoms with E-state index in [1.54, 1.807) is 26.5 Å². The molecular weight excluding hydrogens is 482 g/mol. The summed E-state index contributed by atoms with van der Waals surface area (Å²) in [5, 5.41) is 0. The summed E-state index contributed by atoms with van der Waals surface area (Å²) in [6.07, 6.45) is 8.38. The summed E-state index contributed by atoms with van der Waals surface area (Å²) >= 11 is 0. The predicted molar refractivity (Wildman–Crippen MR) is 146 cm³/mol. The van der Waals surface area contributed by atoms with Gasteiger partial charge in [0.15, 0.2) is 11.5 Å². The Hall–Kier alpha value is -3.59. The van der Waals surface area contributed by atoms with Crippen LogP contribution in [0.15, 0.2) is 42.6 Å². The summed E-state index contributed by atoms with van der Waals surface area (Å²) in [6, 6.07) is 11.4. The van der Waals surface area contributed by atoms with Crippen molar-refractivity contribution in [2.75, 3.05) is 58.5 Å². The summed E-state index contributed by atoms with van der Waals surface area (Å²) in [7, 11) is 3.23. The third-order valence-corrected chi connectivity index (χ3v) is 7.09. The molecule has 3 aromatic rings. The van der Waals surface area contributed by atoms with Crippen molar-refractivity contribution in [3.05, 3.63) is 54.0 Å². The zero-order valence-corrected chi connectivity index (χ0v) is 22.4. The molecule has 2 aliphatic rings. The van der Waals surface area contributed by atoms with Crippen molar-refractivity contribution in [2.45, 2.75) is 38.5 Å². The van der Waals surface area contributed by atoms with E-state index in [4.69, 9.17) is 23.9 Å². The molecule has 0 radical (unpaired) electrons. The van der Waals surface area contributed by atoms with Gasteiger partial charge in [0.1, 0.15) is 11.6 Å². The van der Waals surface area contributed by atoms with Crippen LogP contribution >= 0.6 is 0 Å². The lowest BCUT2D eigenvalue weighted by molar-refractivity contribution is 0.235. The molecule has 1 fully saturated rings. The van der Waals surface area contributed by atoms with E-state index >= 15 is 0 Å². The Labute approximate surface area is 224 Å². The van der Waals surface area contributed by atoms with E-state index in [0.29, 0.717) is 35.6 Å². The van der Waals surface area contributed by atoms with Gasteiger partial charge in [0.2, 0.25) is 11.8 Å². The maximum absolute atomic E-state index is 6.00. The number of piperazine rings is 1. The van der Waals surface area contributed by atoms with Gasteiger partial charge in [0.05, 0.1) is 38.4 Å². The molecule has 0 N–H and O–H groups in total. The Morgan fingerprint density at radius 2 is 1.63 bits per heavy atom. The Morgan fingerprint density at radius 3 is 2.45 bits per heavy atom. The van der Waals surface area contributed by atoms with E-state index < -0.39 is 0 Å². The molecule has 0 saturated carbocycles. The third kappa shape index (κ3) is 6.64. The molecule has 38 heavy (non-hydrogen) atoms. The van der Waals surface area contributed by atoms with Crippen molar-refractivity contribution in [2.24, 2.45) is 0 Å². The summed E-state index contributed by atoms with van der Waals surface area (Å²) in [6.45, 7) is 5.66. The van der Waals surface area contributed by atoms with Crippen LogP contribution in [-0.2, 0) is 12.8 Å². The van der Waals surface area contributed by atoms with Gasteiger partial charge in [-0.25, -0.2) is 4.98 Å². The number of benzene rings is 1. The third-order valence-electron chi connectivity index (χ3n) is 7.09. The molecular formula is C29H37N5O4. The van der Waals surface area contributed by atoms with Gasteiger partial charge in [-0.15, -0.1) is 0 Å². The SMILES string of the molecule is COc1ccc(Oc2cccc(N3CCN(CCCCOc4cnc5c(n4)CCCC5)CC3)n2)cc1OC. The first-order valence-electron chi connectivity index (χ1n) is 13.5. The molecule has 0 atom stereocenters. The van der Waals surface area contributed by atoms with Gasteiger partial charge >= 0.3 is 0 Å². The van der Waals surface area contributed by atoms with Crippen LogP contribution in [0, 0.1) is 0 Å². The average molecular weight is 520 g/mol. The molecule has 202 valence electrons. The number of anilines is 1. The summed E-state index contributed by atoms with van der Waals surface area (Å²) in [5.74, 6) is 4.10. The van der Waals surface area contributed by atoms with Crippen molar-refractivity contribution in [3.8, 4) is 29.0 Å². The van der Waals surface area contributed by atoms with Crippen LogP contribution in [-0.4, -0.2) is 73.4 Å². The molecule has 0 amide bonds. The van der Waals surface area contributed by atoms with E-state index in [0.717, 1.165) is 75.6 Å². The number of hydrogen-bond donors (Lipinski definition) is 0. The fourth-order valence-corrected chi connectivity index (χ4v) is 4.95. The molecule has 3 heterocycles. The van der Waals surface area contributed by atoms with Crippen LogP contribution < -0.4 is 23.8 Å². The quantitative estimate of drug-likeness (QED) is 0.339. The van der Waals surface area contributed by atoms with E-state index in [9.17, 15) is 0 Å². The number of fused-ring (bicyclic) bond motifs is 1. The zero-order chi connectivity index (χ0) is 26.2. The van der Waals surface area contributed by atoms with E-state index in [1.165, 1.54) is 12.8 Å². The number of methoxy groups -OCH3 is 2. The van der Waals surface area contributed by atoms with Gasteiger partial charge in [0, 0.05) is 38.3 Å². The first kappa shape index (κ1) is 26.0. The number of aryl methyl sites for hydroxylation is 2. The topological polar surface area (TPSA) is 82.1 Å². The molecule has 9 nitrogen and oxygen atoms in total. The van der Waals surface area contributed by atoms with Gasteiger partial charge in [-0.2, -0.15) is 4.98 Å². The smallest absolute Gasteiger partial charge is 0.232 e. The van der Waals surface area contributed by atoms with Gasteiger partial charge in [-0.3, -0.25) is 9.88 Å². The van der Waals surface area contributed by atoms with E-state index in [-0.39, 0.29) is 0 Å². The fourth-order valence-electron chi connectivity index (χ4n) is 4.95. The van der Waals surface area contributed by atoms with Crippen LogP contribution in [0.5, 0.6) is 29.0 Å². The van der Waals surface area contributed by atoms with E-state index in [1.807, 2.05) is 30.3 Å². The first-order valence-corrected chi connectivity index (χ1v) is 13.5. The van der Waals surface area contributed by atoms with Crippen molar-refractivity contribution < 1.29 is 18.9 Å². The lowest BCUT2D eigenvalue weighted by Crippen LogP contribution is -2.46. The number of nitrogens with zero attached hydrogens (tertiary/aromatic N) is 5. The highest BCUT2D eigenvalue weighted by atomic mass is 16.5. The number of rotatable bonds is 11. The molecule has 1 aromatic carbocycles. The second-order valence-corrected chi connectivity index (χ2v) is 9.65. The molecule has 9 heteroatoms. The number of aromatic nitrogens is 3. The monoisotopic (exact) mass is 519 g/mol. The number of pyridine rings is 1. The van der Waals surface area contributed by atoms with Gasteiger partial charge in [0.25, 0.3) is 0 Å². The van der Waals surface area contributed by atoms with Crippen molar-refractivity contribution >= 4 is 5.82 Å². The maximum atomic E-state index is 6.00. The van der Waals surface area contributed by atoms with Crippen LogP contribution in [0.1, 0.15) is 37.1 Å². The minimum atomic E-state index is 0.556. The predicted octanol–water partition coefficient (Wildman–Crippen LogP) is 4.54. The standard InChI is InChI=1S/C29H37N5O4/c1-35-25-13-12-22(20-26(25)36-2)38-28-11-7-10-27(32-28)34-17-15-33(16-18-34)14-5-6-19-37-29-21-30-23-8-3-4-9-24(23)31-29/h7,10-13,20-21H,3-6,8-9,14-19H2,1-2H3. The Bertz CT molecular complexity index is 1200. The van der Waals surface area contributed by atoms with Gasteiger partial charge in [-0.1, -0.05) is 6.07 Å². The summed E-state index contributed by atoms with van der Waals surface area (Å²) in [5.41, 5.74) is 2.27. The highest BCUT2D eigenvalue weighted by molar-refractivity contribution is 5.47. The highest BCUT2D eigenvalue weighted by Gasteiger charge is 2.18. The Balaban J connectivity index is 1.04. The molecule has 5 rings (SSSR count). The van der Waals surface area contributed by atoms with Crippen LogP contribution in [0.3, 0.4) is 0 Å². The van der Waals surface area contributed by atoms with E-state index in [2.05, 4.69) is 19.8 Å². The molecule has 1 aliphatic heterocycles. The van der Waals surface area contributed by atoms with Crippen LogP contribution in [0.25, 0.3) is 0 Å². The van der Waals surface area contributed by atoms with Crippen LogP contribution in [0.4, 0.5) is 5.82 Å². The fraction of sp³-hybridized carbons (Fsp3) is 0.483. The second kappa shape index (κ2) is 12.8. The minimum Gasteiger partial charge on any atom is -0.493 e. The van der Waals surface area contributed by atoms with Gasteiger partial charge < -0.3 is 23.8 Å². The largest absolute Gasteiger partial charge is 0.493 e. The normalized spacial score (nSPS) is 15.6. The molecule has 1 saturated heterocycles. The number of unbranched alkanes of at least 4 members (excludes halogenated alkanes) is 1. The molecule has 0 bridgehead atoms. The molecule has 0 unspecified atom stereocenters. The van der Waals surface area contributed by atoms with Gasteiger partial charge in [-0.05, 0) is 63.3 Å². The van der Waals surface area contributed by atoms with Crippen molar-refractivity contribution in [3.63, 3.8) is 0 Å². The van der Waals surface area contributed by atoms with Crippen molar-refractivity contribution in [1.82, 2.24) is 19.9 Å². The van der Waals surface area contributed by atoms with Crippen LogP contribution in [0.2, 0.25) is 0 Å². The molecule has 0 spiro atoms. The average Bonchev–Trinajstić information content (AvgIpc) is 2.97.